The van der Waals surface area contributed by atoms with Gasteiger partial charge in [-0.1, -0.05) is 26.3 Å². The van der Waals surface area contributed by atoms with Gasteiger partial charge in [-0.3, -0.25) is 4.98 Å². The van der Waals surface area contributed by atoms with Gasteiger partial charge in [0.2, 0.25) is 6.33 Å². The van der Waals surface area contributed by atoms with E-state index in [4.69, 9.17) is 0 Å². The average molecular weight is 215 g/mol. The molecule has 0 aliphatic rings. The third-order valence-corrected chi connectivity index (χ3v) is 2.51. The summed E-state index contributed by atoms with van der Waals surface area (Å²) < 4.78 is 2.23. The number of halogens is 1. The van der Waals surface area contributed by atoms with Crippen LogP contribution < -0.4 is 17.0 Å². The van der Waals surface area contributed by atoms with Crippen molar-refractivity contribution in [1.82, 2.24) is 4.98 Å². The normalized spacial score (nSPS) is 14.1. The van der Waals surface area contributed by atoms with E-state index in [-0.39, 0.29) is 12.4 Å². The number of hydrogen-bond donors (Lipinski definition) is 1. The molecular formula is C11H19ClN2. The quantitative estimate of drug-likeness (QED) is 0.503. The molecule has 0 aliphatic heterocycles. The van der Waals surface area contributed by atoms with Crippen LogP contribution in [0.2, 0.25) is 0 Å². The number of rotatable bonds is 5. The predicted octanol–water partition coefficient (Wildman–Crippen LogP) is -0.530. The van der Waals surface area contributed by atoms with Crippen molar-refractivity contribution in [3.8, 4) is 0 Å². The molecule has 3 heteroatoms. The zero-order valence-corrected chi connectivity index (χ0v) is 9.67. The van der Waals surface area contributed by atoms with Crippen molar-refractivity contribution in [3.63, 3.8) is 0 Å². The summed E-state index contributed by atoms with van der Waals surface area (Å²) in [5, 5.41) is 0. The first kappa shape index (κ1) is 13.2. The Kier molecular flexibility index (Phi) is 6.30. The minimum atomic E-state index is 0. The molecule has 80 valence electrons. The number of nitrogens with one attached hydrogen (secondary N) is 1. The van der Waals surface area contributed by atoms with E-state index in [1.165, 1.54) is 12.8 Å². The van der Waals surface area contributed by atoms with Gasteiger partial charge in [-0.05, 0) is 6.42 Å². The summed E-state index contributed by atoms with van der Waals surface area (Å²) in [6.07, 6.45) is 10.5. The van der Waals surface area contributed by atoms with Crippen molar-refractivity contribution >= 4 is 0 Å². The van der Waals surface area contributed by atoms with Gasteiger partial charge in [0.15, 0.2) is 0 Å². The molecule has 0 aromatic carbocycles. The number of hydrogen-bond acceptors (Lipinski definition) is 0. The van der Waals surface area contributed by atoms with Gasteiger partial charge in [-0.25, -0.2) is 4.57 Å². The molecule has 0 amide bonds. The molecule has 2 atom stereocenters. The van der Waals surface area contributed by atoms with Crippen LogP contribution in [0.3, 0.4) is 0 Å². The second-order valence-electron chi connectivity index (χ2n) is 3.51. The molecule has 0 saturated carbocycles. The molecule has 0 saturated heterocycles. The summed E-state index contributed by atoms with van der Waals surface area (Å²) in [4.78, 5) is 3.08. The summed E-state index contributed by atoms with van der Waals surface area (Å²) in [5.41, 5.74) is 0. The number of allylic oxidation sites excluding steroid dienone is 1. The Morgan fingerprint density at radius 2 is 2.29 bits per heavy atom. The lowest BCUT2D eigenvalue weighted by Crippen LogP contribution is -3.00. The maximum atomic E-state index is 3.85. The van der Waals surface area contributed by atoms with E-state index in [0.29, 0.717) is 12.0 Å². The number of aromatic nitrogens is 2. The first-order valence-corrected chi connectivity index (χ1v) is 4.95. The molecule has 2 nitrogen and oxygen atoms in total. The van der Waals surface area contributed by atoms with E-state index in [9.17, 15) is 0 Å². The summed E-state index contributed by atoms with van der Waals surface area (Å²) in [6, 6.07) is 0.550. The largest absolute Gasteiger partial charge is 1.00 e. The van der Waals surface area contributed by atoms with Gasteiger partial charge in [0.1, 0.15) is 18.4 Å². The standard InChI is InChI=1S/C11H18N2.ClH/c1-4-6-11(10(3)5-2)13-8-7-12-9-13;/h5,7-11H,2,4,6H2,1,3H3;1H. The zero-order chi connectivity index (χ0) is 9.68. The minimum Gasteiger partial charge on any atom is -1.00 e. The molecule has 0 fully saturated rings. The lowest BCUT2D eigenvalue weighted by atomic mass is 9.98. The highest BCUT2D eigenvalue weighted by Gasteiger charge is 2.19. The molecular weight excluding hydrogens is 196 g/mol. The van der Waals surface area contributed by atoms with Crippen molar-refractivity contribution in [1.29, 1.82) is 0 Å². The van der Waals surface area contributed by atoms with Gasteiger partial charge < -0.3 is 12.4 Å². The Balaban J connectivity index is 0.00000169. The first-order valence-electron chi connectivity index (χ1n) is 4.95. The molecule has 1 aromatic heterocycles. The summed E-state index contributed by atoms with van der Waals surface area (Å²) in [7, 11) is 0. The third-order valence-electron chi connectivity index (χ3n) is 2.51. The van der Waals surface area contributed by atoms with E-state index in [0.717, 1.165) is 0 Å². The molecule has 0 aliphatic carbocycles. The molecule has 2 unspecified atom stereocenters. The topological polar surface area (TPSA) is 19.7 Å². The van der Waals surface area contributed by atoms with Crippen LogP contribution in [0.25, 0.3) is 0 Å². The Labute approximate surface area is 92.5 Å². The highest BCUT2D eigenvalue weighted by Crippen LogP contribution is 2.17. The maximum absolute atomic E-state index is 3.85. The van der Waals surface area contributed by atoms with Gasteiger partial charge in [-0.15, -0.1) is 6.58 Å². The van der Waals surface area contributed by atoms with Crippen LogP contribution in [0.15, 0.2) is 31.4 Å². The maximum Gasteiger partial charge on any atom is 0.241 e. The smallest absolute Gasteiger partial charge is 0.241 e. The fourth-order valence-electron chi connectivity index (χ4n) is 1.64. The Morgan fingerprint density at radius 3 is 2.71 bits per heavy atom. The molecule has 1 heterocycles. The number of nitrogens with zero attached hydrogens (tertiary/aromatic N) is 1. The number of H-pyrrole nitrogens is 1. The van der Waals surface area contributed by atoms with Crippen LogP contribution in [0.1, 0.15) is 32.7 Å². The van der Waals surface area contributed by atoms with Crippen molar-refractivity contribution in [2.45, 2.75) is 32.7 Å². The monoisotopic (exact) mass is 214 g/mol. The van der Waals surface area contributed by atoms with Crippen molar-refractivity contribution in [3.05, 3.63) is 31.4 Å². The Hall–Kier alpha value is -0.760. The summed E-state index contributed by atoms with van der Waals surface area (Å²) in [5.74, 6) is 0.528. The highest BCUT2D eigenvalue weighted by atomic mass is 35.5. The third kappa shape index (κ3) is 3.18. The van der Waals surface area contributed by atoms with E-state index in [1.54, 1.807) is 0 Å². The summed E-state index contributed by atoms with van der Waals surface area (Å²) in [6.45, 7) is 8.28. The van der Waals surface area contributed by atoms with Gasteiger partial charge in [0.05, 0.1) is 0 Å². The van der Waals surface area contributed by atoms with Gasteiger partial charge in [0.25, 0.3) is 0 Å². The Bertz CT molecular complexity index is 244. The van der Waals surface area contributed by atoms with Crippen LogP contribution in [-0.2, 0) is 0 Å². The lowest BCUT2D eigenvalue weighted by molar-refractivity contribution is -0.727. The van der Waals surface area contributed by atoms with Gasteiger partial charge in [0, 0.05) is 5.92 Å². The van der Waals surface area contributed by atoms with Crippen molar-refractivity contribution < 1.29 is 17.0 Å². The van der Waals surface area contributed by atoms with Crippen LogP contribution in [0.5, 0.6) is 0 Å². The second-order valence-corrected chi connectivity index (χ2v) is 3.51. The van der Waals surface area contributed by atoms with E-state index in [1.807, 2.05) is 18.6 Å². The van der Waals surface area contributed by atoms with Crippen LogP contribution in [0, 0.1) is 5.92 Å². The molecule has 1 aromatic rings. The minimum absolute atomic E-state index is 0. The molecule has 0 spiro atoms. The number of imidazole rings is 1. The molecule has 1 rings (SSSR count). The SMILES string of the molecule is C=CC(C)C(CCC)[n+]1cc[nH]c1.[Cl-]. The average Bonchev–Trinajstić information content (AvgIpc) is 2.65. The zero-order valence-electron chi connectivity index (χ0n) is 8.91. The fraction of sp³-hybridized carbons (Fsp3) is 0.545. The Morgan fingerprint density at radius 1 is 1.57 bits per heavy atom. The van der Waals surface area contributed by atoms with Crippen LogP contribution in [0.4, 0.5) is 0 Å². The highest BCUT2D eigenvalue weighted by molar-refractivity contribution is 4.79. The molecule has 1 N–H and O–H groups in total. The van der Waals surface area contributed by atoms with Crippen LogP contribution in [-0.4, -0.2) is 4.98 Å². The fourth-order valence-corrected chi connectivity index (χ4v) is 1.64. The van der Waals surface area contributed by atoms with Crippen molar-refractivity contribution in [2.24, 2.45) is 5.92 Å². The second kappa shape index (κ2) is 6.66. The summed E-state index contributed by atoms with van der Waals surface area (Å²) >= 11 is 0. The first-order chi connectivity index (χ1) is 6.29. The van der Waals surface area contributed by atoms with E-state index >= 15 is 0 Å². The number of aromatic amines is 1. The van der Waals surface area contributed by atoms with Gasteiger partial charge in [-0.2, -0.15) is 0 Å². The van der Waals surface area contributed by atoms with E-state index in [2.05, 4.69) is 36.2 Å². The molecule has 0 radical (unpaired) electrons. The molecule has 0 bridgehead atoms. The lowest BCUT2D eigenvalue weighted by Gasteiger charge is -2.17. The molecule has 14 heavy (non-hydrogen) atoms. The van der Waals surface area contributed by atoms with Crippen LogP contribution >= 0.6 is 0 Å². The van der Waals surface area contributed by atoms with Crippen molar-refractivity contribution in [2.75, 3.05) is 0 Å². The van der Waals surface area contributed by atoms with E-state index < -0.39 is 0 Å². The van der Waals surface area contributed by atoms with Gasteiger partial charge >= 0.3 is 0 Å². The predicted molar refractivity (Wildman–Crippen MR) is 54.3 cm³/mol.